The van der Waals surface area contributed by atoms with E-state index in [2.05, 4.69) is 5.32 Å². The van der Waals surface area contributed by atoms with Crippen molar-refractivity contribution in [1.82, 2.24) is 5.32 Å². The van der Waals surface area contributed by atoms with E-state index >= 15 is 0 Å². The highest BCUT2D eigenvalue weighted by molar-refractivity contribution is 6.37. The van der Waals surface area contributed by atoms with Crippen molar-refractivity contribution in [2.24, 2.45) is 11.7 Å². The minimum atomic E-state index is -0.832. The Morgan fingerprint density at radius 1 is 1.38 bits per heavy atom. The average molecular weight is 226 g/mol. The van der Waals surface area contributed by atoms with Gasteiger partial charge in [0.25, 0.3) is 5.91 Å². The predicted molar refractivity (Wildman–Crippen MR) is 62.8 cm³/mol. The lowest BCUT2D eigenvalue weighted by Gasteiger charge is -2.33. The molecule has 1 rings (SSSR count). The smallest absolute Gasteiger partial charge is 0.286 e. The molecule has 0 aromatic carbocycles. The van der Waals surface area contributed by atoms with Gasteiger partial charge in [-0.2, -0.15) is 0 Å². The largest absolute Gasteiger partial charge is 0.363 e. The molecule has 1 fully saturated rings. The average Bonchev–Trinajstić information content (AvgIpc) is 2.05. The van der Waals surface area contributed by atoms with Gasteiger partial charge in [-0.1, -0.05) is 19.3 Å². The van der Waals surface area contributed by atoms with Crippen molar-refractivity contribution in [3.8, 4) is 0 Å². The molecule has 1 aliphatic rings. The van der Waals surface area contributed by atoms with Crippen LogP contribution in [0.25, 0.3) is 0 Å². The van der Waals surface area contributed by atoms with Gasteiger partial charge in [0.15, 0.2) is 0 Å². The minimum absolute atomic E-state index is 0.181. The maximum atomic E-state index is 11.7. The van der Waals surface area contributed by atoms with Crippen LogP contribution in [0.3, 0.4) is 0 Å². The van der Waals surface area contributed by atoms with Crippen molar-refractivity contribution in [1.29, 1.82) is 0 Å². The zero-order chi connectivity index (χ0) is 12.3. The summed E-state index contributed by atoms with van der Waals surface area (Å²) in [5, 5.41) is 3.19. The van der Waals surface area contributed by atoms with Crippen molar-refractivity contribution in [2.75, 3.05) is 0 Å². The molecular formula is C12H22N2O2. The predicted octanol–water partition coefficient (Wildman–Crippen LogP) is 0.988. The Balaban J connectivity index is 2.60. The number of ketones is 1. The Bertz CT molecular complexity index is 277. The van der Waals surface area contributed by atoms with E-state index in [9.17, 15) is 9.59 Å². The molecule has 4 nitrogen and oxygen atoms in total. The lowest BCUT2D eigenvalue weighted by atomic mass is 9.79. The fourth-order valence-corrected chi connectivity index (χ4v) is 1.99. The first-order valence-electron chi connectivity index (χ1n) is 5.91. The number of hydrogen-bond acceptors (Lipinski definition) is 3. The monoisotopic (exact) mass is 226 g/mol. The Morgan fingerprint density at radius 2 is 1.94 bits per heavy atom. The van der Waals surface area contributed by atoms with Gasteiger partial charge in [-0.05, 0) is 33.1 Å². The Kier molecular flexibility index (Phi) is 4.08. The van der Waals surface area contributed by atoms with Gasteiger partial charge in [0, 0.05) is 5.54 Å². The lowest BCUT2D eigenvalue weighted by molar-refractivity contribution is -0.137. The molecule has 1 saturated carbocycles. The highest BCUT2D eigenvalue weighted by Gasteiger charge is 2.31. The van der Waals surface area contributed by atoms with E-state index in [-0.39, 0.29) is 5.54 Å². The summed E-state index contributed by atoms with van der Waals surface area (Å²) in [7, 11) is 0. The number of nitrogens with two attached hydrogens (primary N) is 1. The van der Waals surface area contributed by atoms with Crippen molar-refractivity contribution >= 4 is 11.7 Å². The summed E-state index contributed by atoms with van der Waals surface area (Å²) in [6.45, 7) is 5.94. The summed E-state index contributed by atoms with van der Waals surface area (Å²) >= 11 is 0. The first kappa shape index (κ1) is 13.2. The molecule has 1 aliphatic carbocycles. The van der Waals surface area contributed by atoms with Crippen molar-refractivity contribution < 1.29 is 9.59 Å². The van der Waals surface area contributed by atoms with Gasteiger partial charge in [0.05, 0.1) is 6.04 Å². The SMILES string of the molecule is CC(C)(C)NC(CC1CCC1)C(=O)C(N)=O. The molecule has 0 bridgehead atoms. The van der Waals surface area contributed by atoms with E-state index in [0.717, 1.165) is 19.3 Å². The van der Waals surface area contributed by atoms with Crippen LogP contribution in [0, 0.1) is 5.92 Å². The molecule has 0 aromatic heterocycles. The number of Topliss-reactive ketones (excluding diaryl/α,β-unsaturated/α-hetero) is 1. The van der Waals surface area contributed by atoms with Crippen LogP contribution in [0.4, 0.5) is 0 Å². The van der Waals surface area contributed by atoms with E-state index in [1.165, 1.54) is 6.42 Å². The molecule has 0 aromatic rings. The van der Waals surface area contributed by atoms with Crippen molar-refractivity contribution in [3.63, 3.8) is 0 Å². The second kappa shape index (κ2) is 4.95. The van der Waals surface area contributed by atoms with Gasteiger partial charge in [0.1, 0.15) is 0 Å². The fourth-order valence-electron chi connectivity index (χ4n) is 1.99. The summed E-state index contributed by atoms with van der Waals surface area (Å²) in [4.78, 5) is 22.6. The van der Waals surface area contributed by atoms with Crippen LogP contribution >= 0.6 is 0 Å². The summed E-state index contributed by atoms with van der Waals surface area (Å²) in [6, 6.07) is -0.414. The maximum absolute atomic E-state index is 11.7. The standard InChI is InChI=1S/C12H22N2O2/c1-12(2,3)14-9(10(15)11(13)16)7-8-5-4-6-8/h8-9,14H,4-7H2,1-3H3,(H2,13,16). The van der Waals surface area contributed by atoms with Gasteiger partial charge in [-0.25, -0.2) is 0 Å². The van der Waals surface area contributed by atoms with Gasteiger partial charge >= 0.3 is 0 Å². The van der Waals surface area contributed by atoms with Crippen LogP contribution in [-0.2, 0) is 9.59 Å². The Morgan fingerprint density at radius 3 is 2.25 bits per heavy atom. The summed E-state index contributed by atoms with van der Waals surface area (Å²) in [5.74, 6) is -0.744. The topological polar surface area (TPSA) is 72.2 Å². The fraction of sp³-hybridized carbons (Fsp3) is 0.833. The van der Waals surface area contributed by atoms with Crippen LogP contribution in [0.5, 0.6) is 0 Å². The highest BCUT2D eigenvalue weighted by Crippen LogP contribution is 2.31. The lowest BCUT2D eigenvalue weighted by Crippen LogP contribution is -2.52. The van der Waals surface area contributed by atoms with Gasteiger partial charge in [-0.3, -0.25) is 9.59 Å². The normalized spacial score (nSPS) is 18.9. The molecule has 0 saturated heterocycles. The molecule has 0 aliphatic heterocycles. The molecule has 0 radical (unpaired) electrons. The molecule has 1 atom stereocenters. The van der Waals surface area contributed by atoms with E-state index in [1.807, 2.05) is 20.8 Å². The summed E-state index contributed by atoms with van der Waals surface area (Å²) < 4.78 is 0. The van der Waals surface area contributed by atoms with Crippen molar-refractivity contribution in [3.05, 3.63) is 0 Å². The van der Waals surface area contributed by atoms with Gasteiger partial charge in [0.2, 0.25) is 5.78 Å². The Labute approximate surface area is 97.0 Å². The van der Waals surface area contributed by atoms with Crippen LogP contribution in [0.2, 0.25) is 0 Å². The molecule has 1 amide bonds. The zero-order valence-corrected chi connectivity index (χ0v) is 10.4. The number of nitrogens with one attached hydrogen (secondary N) is 1. The first-order valence-corrected chi connectivity index (χ1v) is 5.91. The maximum Gasteiger partial charge on any atom is 0.286 e. The molecule has 92 valence electrons. The second-order valence-electron chi connectivity index (χ2n) is 5.71. The number of amides is 1. The zero-order valence-electron chi connectivity index (χ0n) is 10.4. The number of rotatable bonds is 5. The molecule has 0 spiro atoms. The van der Waals surface area contributed by atoms with Crippen molar-refractivity contribution in [2.45, 2.75) is 58.0 Å². The summed E-state index contributed by atoms with van der Waals surface area (Å²) in [6.07, 6.45) is 4.29. The minimum Gasteiger partial charge on any atom is -0.363 e. The third kappa shape index (κ3) is 3.93. The number of hydrogen-bond donors (Lipinski definition) is 2. The molecule has 16 heavy (non-hydrogen) atoms. The van der Waals surface area contributed by atoms with Crippen LogP contribution < -0.4 is 11.1 Å². The third-order valence-corrected chi connectivity index (χ3v) is 2.96. The molecule has 1 unspecified atom stereocenters. The van der Waals surface area contributed by atoms with Crippen LogP contribution in [-0.4, -0.2) is 23.3 Å². The third-order valence-electron chi connectivity index (χ3n) is 2.96. The van der Waals surface area contributed by atoms with E-state index in [0.29, 0.717) is 5.92 Å². The van der Waals surface area contributed by atoms with E-state index in [4.69, 9.17) is 5.73 Å². The van der Waals surface area contributed by atoms with Crippen LogP contribution in [0.15, 0.2) is 0 Å². The molecule has 0 heterocycles. The quantitative estimate of drug-likeness (QED) is 0.687. The number of carbonyl (C=O) groups is 2. The number of primary amides is 1. The van der Waals surface area contributed by atoms with Gasteiger partial charge < -0.3 is 11.1 Å². The molecule has 3 N–H and O–H groups in total. The summed E-state index contributed by atoms with van der Waals surface area (Å²) in [5.41, 5.74) is 4.88. The molecular weight excluding hydrogens is 204 g/mol. The second-order valence-corrected chi connectivity index (χ2v) is 5.71. The molecule has 4 heteroatoms. The van der Waals surface area contributed by atoms with Gasteiger partial charge in [-0.15, -0.1) is 0 Å². The number of carbonyl (C=O) groups excluding carboxylic acids is 2. The Hall–Kier alpha value is -0.900. The highest BCUT2D eigenvalue weighted by atomic mass is 16.2. The van der Waals surface area contributed by atoms with E-state index < -0.39 is 17.7 Å². The first-order chi connectivity index (χ1) is 7.29. The van der Waals surface area contributed by atoms with E-state index in [1.54, 1.807) is 0 Å². The van der Waals surface area contributed by atoms with Crippen LogP contribution in [0.1, 0.15) is 46.5 Å².